The number of amides is 1. The molecule has 0 bridgehead atoms. The van der Waals surface area contributed by atoms with Gasteiger partial charge in [-0.15, -0.1) is 0 Å². The van der Waals surface area contributed by atoms with Crippen LogP contribution in [-0.4, -0.2) is 46.5 Å². The van der Waals surface area contributed by atoms with E-state index in [1.807, 2.05) is 13.8 Å². The number of ether oxygens (including phenoxy) is 1. The summed E-state index contributed by atoms with van der Waals surface area (Å²) in [4.78, 5) is 13.0. The van der Waals surface area contributed by atoms with E-state index in [0.717, 1.165) is 5.56 Å². The molecule has 2 rings (SSSR count). The molecule has 2 atom stereocenters. The summed E-state index contributed by atoms with van der Waals surface area (Å²) in [6, 6.07) is 6.46. The highest BCUT2D eigenvalue weighted by Gasteiger charge is 2.49. The van der Waals surface area contributed by atoms with Crippen LogP contribution in [0.3, 0.4) is 0 Å². The number of methoxy groups -OCH3 is 1. The predicted octanol–water partition coefficient (Wildman–Crippen LogP) is 3.43. The van der Waals surface area contributed by atoms with E-state index in [4.69, 9.17) is 4.74 Å². The Bertz CT molecular complexity index is 586. The second-order valence-corrected chi connectivity index (χ2v) is 7.66. The van der Waals surface area contributed by atoms with Crippen molar-refractivity contribution < 1.29 is 19.0 Å². The van der Waals surface area contributed by atoms with Crippen molar-refractivity contribution in [2.75, 3.05) is 7.11 Å². The molecule has 5 nitrogen and oxygen atoms in total. The minimum absolute atomic E-state index is 0.149. The third-order valence-electron chi connectivity index (χ3n) is 4.57. The average Bonchev–Trinajstić information content (AvgIpc) is 2.48. The molecule has 1 aliphatic heterocycles. The van der Waals surface area contributed by atoms with Crippen LogP contribution >= 0.6 is 0 Å². The number of rotatable bonds is 4. The summed E-state index contributed by atoms with van der Waals surface area (Å²) in [6.45, 7) is 7.65. The Morgan fingerprint density at radius 1 is 1.33 bits per heavy atom. The number of carboxylic acid groups (broad SMARTS) is 1. The molecule has 1 saturated heterocycles. The van der Waals surface area contributed by atoms with Crippen LogP contribution in [0.4, 0.5) is 9.18 Å². The predicted molar refractivity (Wildman–Crippen MR) is 91.2 cm³/mol. The number of nitrogens with one attached hydrogen (secondary N) is 1. The number of halogens is 1. The molecule has 1 heterocycles. The van der Waals surface area contributed by atoms with Gasteiger partial charge >= 0.3 is 6.09 Å². The molecule has 0 spiro atoms. The highest BCUT2D eigenvalue weighted by molar-refractivity contribution is 5.65. The first kappa shape index (κ1) is 18.5. The largest absolute Gasteiger partial charge is 0.497 e. The minimum atomic E-state index is -1.29. The maximum absolute atomic E-state index is 15.0. The van der Waals surface area contributed by atoms with Gasteiger partial charge in [0.1, 0.15) is 11.9 Å². The van der Waals surface area contributed by atoms with Gasteiger partial charge in [0.2, 0.25) is 0 Å². The molecule has 0 radical (unpaired) electrons. The lowest BCUT2D eigenvalue weighted by molar-refractivity contribution is -0.00993. The fraction of sp³-hybridized carbons (Fsp3) is 0.611. The first-order chi connectivity index (χ1) is 11.1. The van der Waals surface area contributed by atoms with Gasteiger partial charge in [-0.05, 0) is 51.8 Å². The van der Waals surface area contributed by atoms with Gasteiger partial charge in [0.05, 0.1) is 13.2 Å². The van der Waals surface area contributed by atoms with Crippen molar-refractivity contribution in [2.24, 2.45) is 0 Å². The quantitative estimate of drug-likeness (QED) is 0.883. The van der Waals surface area contributed by atoms with Crippen LogP contribution in [0, 0.1) is 0 Å². The molecule has 2 N–H and O–H groups in total. The number of piperidine rings is 1. The van der Waals surface area contributed by atoms with Crippen LogP contribution in [-0.2, 0) is 6.54 Å². The molecular weight excluding hydrogens is 311 g/mol. The summed E-state index contributed by atoms with van der Waals surface area (Å²) in [6.07, 6.45) is -1.98. The summed E-state index contributed by atoms with van der Waals surface area (Å²) in [5.74, 6) is 0.702. The third-order valence-corrected chi connectivity index (χ3v) is 4.57. The minimum Gasteiger partial charge on any atom is -0.497 e. The van der Waals surface area contributed by atoms with E-state index in [-0.39, 0.29) is 12.1 Å². The van der Waals surface area contributed by atoms with Crippen LogP contribution in [0.5, 0.6) is 5.75 Å². The van der Waals surface area contributed by atoms with E-state index in [1.165, 1.54) is 4.90 Å². The van der Waals surface area contributed by atoms with Crippen LogP contribution in [0.1, 0.15) is 39.7 Å². The van der Waals surface area contributed by atoms with Crippen molar-refractivity contribution in [1.29, 1.82) is 0 Å². The first-order valence-corrected chi connectivity index (χ1v) is 8.12. The lowest BCUT2D eigenvalue weighted by atomic mass is 9.77. The lowest BCUT2D eigenvalue weighted by Crippen LogP contribution is -2.69. The van der Waals surface area contributed by atoms with Crippen molar-refractivity contribution in [1.82, 2.24) is 10.2 Å². The van der Waals surface area contributed by atoms with E-state index < -0.39 is 23.8 Å². The van der Waals surface area contributed by atoms with Crippen LogP contribution in [0.25, 0.3) is 0 Å². The van der Waals surface area contributed by atoms with Crippen LogP contribution in [0.15, 0.2) is 24.3 Å². The molecule has 1 aromatic rings. The monoisotopic (exact) mass is 338 g/mol. The Hall–Kier alpha value is -1.82. The van der Waals surface area contributed by atoms with Crippen molar-refractivity contribution >= 4 is 6.09 Å². The Labute approximate surface area is 142 Å². The number of hydrogen-bond donors (Lipinski definition) is 2. The average molecular weight is 338 g/mol. The van der Waals surface area contributed by atoms with Gasteiger partial charge in [-0.3, -0.25) is 4.90 Å². The molecule has 6 heteroatoms. The zero-order valence-corrected chi connectivity index (χ0v) is 15.0. The summed E-state index contributed by atoms with van der Waals surface area (Å²) >= 11 is 0. The molecular formula is C18H27FN2O3. The van der Waals surface area contributed by atoms with Gasteiger partial charge < -0.3 is 15.2 Å². The maximum Gasteiger partial charge on any atom is 0.407 e. The van der Waals surface area contributed by atoms with Gasteiger partial charge in [-0.25, -0.2) is 9.18 Å². The second kappa shape index (κ2) is 6.59. The van der Waals surface area contributed by atoms with E-state index >= 15 is 4.39 Å². The molecule has 0 aliphatic carbocycles. The van der Waals surface area contributed by atoms with Gasteiger partial charge in [0.25, 0.3) is 0 Å². The molecule has 24 heavy (non-hydrogen) atoms. The van der Waals surface area contributed by atoms with Gasteiger partial charge in [0.15, 0.2) is 0 Å². The summed E-state index contributed by atoms with van der Waals surface area (Å²) in [5, 5.41) is 12.9. The molecule has 1 amide bonds. The smallest absolute Gasteiger partial charge is 0.407 e. The van der Waals surface area contributed by atoms with E-state index in [2.05, 4.69) is 5.32 Å². The number of benzene rings is 1. The van der Waals surface area contributed by atoms with Crippen molar-refractivity contribution in [3.8, 4) is 5.75 Å². The van der Waals surface area contributed by atoms with Gasteiger partial charge in [-0.2, -0.15) is 0 Å². The van der Waals surface area contributed by atoms with Crippen molar-refractivity contribution in [2.45, 2.75) is 64.0 Å². The van der Waals surface area contributed by atoms with Gasteiger partial charge in [-0.1, -0.05) is 12.1 Å². The van der Waals surface area contributed by atoms with E-state index in [0.29, 0.717) is 12.2 Å². The Morgan fingerprint density at radius 2 is 1.92 bits per heavy atom. The Balaban J connectivity index is 2.26. The number of alkyl halides is 1. The third kappa shape index (κ3) is 3.98. The number of hydrogen-bond acceptors (Lipinski definition) is 3. The van der Waals surface area contributed by atoms with Crippen LogP contribution < -0.4 is 10.1 Å². The van der Waals surface area contributed by atoms with Crippen molar-refractivity contribution in [3.63, 3.8) is 0 Å². The fourth-order valence-corrected chi connectivity index (χ4v) is 3.62. The lowest BCUT2D eigenvalue weighted by Gasteiger charge is -2.51. The Morgan fingerprint density at radius 3 is 2.42 bits per heavy atom. The van der Waals surface area contributed by atoms with Crippen molar-refractivity contribution in [3.05, 3.63) is 29.8 Å². The molecule has 1 fully saturated rings. The number of carbonyl (C=O) groups is 1. The van der Waals surface area contributed by atoms with Gasteiger partial charge in [0, 0.05) is 17.6 Å². The molecule has 0 unspecified atom stereocenters. The Kier molecular flexibility index (Phi) is 5.08. The molecule has 0 saturated carbocycles. The zero-order chi connectivity index (χ0) is 18.1. The normalized spacial score (nSPS) is 25.1. The molecule has 134 valence electrons. The maximum atomic E-state index is 15.0. The first-order valence-electron chi connectivity index (χ1n) is 8.12. The highest BCUT2D eigenvalue weighted by atomic mass is 19.1. The number of nitrogens with zero attached hydrogens (tertiary/aromatic N) is 1. The van der Waals surface area contributed by atoms with E-state index in [9.17, 15) is 9.90 Å². The molecule has 1 aromatic carbocycles. The topological polar surface area (TPSA) is 61.8 Å². The molecule has 0 aromatic heterocycles. The standard InChI is InChI=1S/C18H27FN2O3/c1-17(2)10-14(15(19)18(3,4)20-17)21(16(22)23)11-12-6-8-13(24-5)9-7-12/h6-9,14-15,20H,10-11H2,1-5H3,(H,22,23)/t14-,15-/m0/s1. The summed E-state index contributed by atoms with van der Waals surface area (Å²) in [5.41, 5.74) is -0.329. The zero-order valence-electron chi connectivity index (χ0n) is 15.0. The summed E-state index contributed by atoms with van der Waals surface area (Å²) in [7, 11) is 1.57. The summed E-state index contributed by atoms with van der Waals surface area (Å²) < 4.78 is 20.1. The van der Waals surface area contributed by atoms with E-state index in [1.54, 1.807) is 45.2 Å². The highest BCUT2D eigenvalue weighted by Crippen LogP contribution is 2.34. The SMILES string of the molecule is COc1ccc(CN(C(=O)O)[C@H]2CC(C)(C)NC(C)(C)[C@H]2F)cc1. The molecule has 1 aliphatic rings. The fourth-order valence-electron chi connectivity index (χ4n) is 3.62. The second-order valence-electron chi connectivity index (χ2n) is 7.66. The van der Waals surface area contributed by atoms with Crippen LogP contribution in [0.2, 0.25) is 0 Å².